The topological polar surface area (TPSA) is 51.0 Å². The predicted molar refractivity (Wildman–Crippen MR) is 111 cm³/mol. The van der Waals surface area contributed by atoms with Crippen LogP contribution in [0.4, 0.5) is 4.39 Å². The van der Waals surface area contributed by atoms with Gasteiger partial charge in [0.2, 0.25) is 0 Å². The summed E-state index contributed by atoms with van der Waals surface area (Å²) in [5, 5.41) is 0. The van der Waals surface area contributed by atoms with Crippen molar-refractivity contribution < 1.29 is 9.18 Å². The number of fused-ring (bicyclic) bond motifs is 1. The Kier molecular flexibility index (Phi) is 5.60. The van der Waals surface area contributed by atoms with E-state index < -0.39 is 5.82 Å². The second-order valence-corrected chi connectivity index (χ2v) is 8.24. The zero-order valence-corrected chi connectivity index (χ0v) is 17.0. The number of rotatable bonds is 6. The van der Waals surface area contributed by atoms with Crippen molar-refractivity contribution in [3.63, 3.8) is 0 Å². The van der Waals surface area contributed by atoms with E-state index in [0.717, 1.165) is 29.8 Å². The smallest absolute Gasteiger partial charge is 0.257 e. The Hall–Kier alpha value is -2.76. The Labute approximate surface area is 170 Å². The summed E-state index contributed by atoms with van der Waals surface area (Å²) in [7, 11) is 0. The van der Waals surface area contributed by atoms with Gasteiger partial charge in [-0.15, -0.1) is 0 Å². The van der Waals surface area contributed by atoms with Crippen LogP contribution in [0.25, 0.3) is 11.2 Å². The standard InChI is InChI=1S/C23H27FN4O/c1-16(2)14-27(23(29)18-10-5-6-11-19(18)24)15-21-26-20-12-7-13-25-22(20)28(21)17-8-3-4-9-17/h5-7,10-13,16-17H,3-4,8-9,14-15H2,1-2H3. The van der Waals surface area contributed by atoms with Crippen molar-refractivity contribution in [2.75, 3.05) is 6.54 Å². The third-order valence-corrected chi connectivity index (χ3v) is 5.52. The van der Waals surface area contributed by atoms with Crippen molar-refractivity contribution in [3.05, 3.63) is 59.8 Å². The summed E-state index contributed by atoms with van der Waals surface area (Å²) < 4.78 is 16.5. The van der Waals surface area contributed by atoms with Gasteiger partial charge in [-0.05, 0) is 43.0 Å². The van der Waals surface area contributed by atoms with Crippen molar-refractivity contribution in [1.29, 1.82) is 0 Å². The van der Waals surface area contributed by atoms with Crippen LogP contribution < -0.4 is 0 Å². The first-order valence-corrected chi connectivity index (χ1v) is 10.4. The SMILES string of the molecule is CC(C)CN(Cc1nc2cccnc2n1C1CCCC1)C(=O)c1ccccc1F. The van der Waals surface area contributed by atoms with E-state index in [-0.39, 0.29) is 17.4 Å². The number of amides is 1. The molecule has 1 amide bonds. The highest BCUT2D eigenvalue weighted by Gasteiger charge is 2.27. The molecule has 3 aromatic rings. The Morgan fingerprint density at radius 3 is 2.69 bits per heavy atom. The minimum absolute atomic E-state index is 0.106. The summed E-state index contributed by atoms with van der Waals surface area (Å²) in [5.41, 5.74) is 1.82. The summed E-state index contributed by atoms with van der Waals surface area (Å²) in [6.45, 7) is 5.00. The third kappa shape index (κ3) is 4.02. The lowest BCUT2D eigenvalue weighted by atomic mass is 10.1. The predicted octanol–water partition coefficient (Wildman–Crippen LogP) is 4.98. The maximum absolute atomic E-state index is 14.3. The first-order chi connectivity index (χ1) is 14.0. The molecule has 6 heteroatoms. The minimum atomic E-state index is -0.489. The second kappa shape index (κ2) is 8.31. The van der Waals surface area contributed by atoms with Gasteiger partial charge in [0.15, 0.2) is 5.65 Å². The largest absolute Gasteiger partial charge is 0.331 e. The fourth-order valence-corrected chi connectivity index (χ4v) is 4.27. The van der Waals surface area contributed by atoms with Crippen LogP contribution >= 0.6 is 0 Å². The Morgan fingerprint density at radius 2 is 1.97 bits per heavy atom. The molecule has 0 N–H and O–H groups in total. The lowest BCUT2D eigenvalue weighted by molar-refractivity contribution is 0.0710. The van der Waals surface area contributed by atoms with E-state index in [9.17, 15) is 9.18 Å². The van der Waals surface area contributed by atoms with Crippen LogP contribution in [0.5, 0.6) is 0 Å². The van der Waals surface area contributed by atoms with Crippen LogP contribution in [0.15, 0.2) is 42.6 Å². The molecule has 1 aromatic carbocycles. The van der Waals surface area contributed by atoms with Crippen molar-refractivity contribution >= 4 is 17.1 Å². The summed E-state index contributed by atoms with van der Waals surface area (Å²) in [5.74, 6) is 0.302. The summed E-state index contributed by atoms with van der Waals surface area (Å²) in [6, 6.07) is 10.4. The number of carbonyl (C=O) groups excluding carboxylic acids is 1. The Bertz CT molecular complexity index is 1010. The van der Waals surface area contributed by atoms with Gasteiger partial charge in [-0.3, -0.25) is 4.79 Å². The van der Waals surface area contributed by atoms with Gasteiger partial charge in [-0.1, -0.05) is 38.8 Å². The van der Waals surface area contributed by atoms with Gasteiger partial charge in [-0.25, -0.2) is 14.4 Å². The van der Waals surface area contributed by atoms with Crippen molar-refractivity contribution in [2.45, 2.75) is 52.1 Å². The monoisotopic (exact) mass is 394 g/mol. The molecule has 2 heterocycles. The fourth-order valence-electron chi connectivity index (χ4n) is 4.27. The van der Waals surface area contributed by atoms with Gasteiger partial charge in [0, 0.05) is 18.8 Å². The number of carbonyl (C=O) groups is 1. The zero-order chi connectivity index (χ0) is 20.4. The van der Waals surface area contributed by atoms with Gasteiger partial charge >= 0.3 is 0 Å². The first-order valence-electron chi connectivity index (χ1n) is 10.4. The molecule has 0 aliphatic heterocycles. The van der Waals surface area contributed by atoms with Crippen LogP contribution in [0.1, 0.15) is 61.8 Å². The van der Waals surface area contributed by atoms with Crippen LogP contribution in [0.2, 0.25) is 0 Å². The highest BCUT2D eigenvalue weighted by Crippen LogP contribution is 2.33. The molecule has 1 fully saturated rings. The number of nitrogens with zero attached hydrogens (tertiary/aromatic N) is 4. The number of benzene rings is 1. The molecule has 0 saturated heterocycles. The molecule has 0 bridgehead atoms. The molecular weight excluding hydrogens is 367 g/mol. The van der Waals surface area contributed by atoms with Crippen LogP contribution in [-0.4, -0.2) is 31.9 Å². The molecule has 29 heavy (non-hydrogen) atoms. The highest BCUT2D eigenvalue weighted by molar-refractivity contribution is 5.94. The van der Waals surface area contributed by atoms with E-state index in [1.807, 2.05) is 12.1 Å². The Morgan fingerprint density at radius 1 is 1.21 bits per heavy atom. The van der Waals surface area contributed by atoms with E-state index in [0.29, 0.717) is 19.1 Å². The maximum Gasteiger partial charge on any atom is 0.257 e. The van der Waals surface area contributed by atoms with Crippen molar-refractivity contribution in [3.8, 4) is 0 Å². The fraction of sp³-hybridized carbons (Fsp3) is 0.435. The molecule has 1 aliphatic rings. The molecule has 0 unspecified atom stereocenters. The number of aromatic nitrogens is 3. The van der Waals surface area contributed by atoms with Gasteiger partial charge in [-0.2, -0.15) is 0 Å². The van der Waals surface area contributed by atoms with Crippen LogP contribution in [0, 0.1) is 11.7 Å². The van der Waals surface area contributed by atoms with E-state index in [2.05, 4.69) is 23.4 Å². The summed E-state index contributed by atoms with van der Waals surface area (Å²) >= 11 is 0. The third-order valence-electron chi connectivity index (χ3n) is 5.52. The molecular formula is C23H27FN4O. The number of pyridine rings is 1. The minimum Gasteiger partial charge on any atom is -0.331 e. The van der Waals surface area contributed by atoms with Gasteiger partial charge in [0.1, 0.15) is 17.2 Å². The highest BCUT2D eigenvalue weighted by atomic mass is 19.1. The normalized spacial score (nSPS) is 14.8. The molecule has 1 saturated carbocycles. The lowest BCUT2D eigenvalue weighted by Gasteiger charge is -2.26. The molecule has 0 spiro atoms. The van der Waals surface area contributed by atoms with E-state index in [4.69, 9.17) is 4.98 Å². The van der Waals surface area contributed by atoms with Crippen molar-refractivity contribution in [2.24, 2.45) is 5.92 Å². The molecule has 1 aliphatic carbocycles. The molecule has 152 valence electrons. The van der Waals surface area contributed by atoms with Gasteiger partial charge < -0.3 is 9.47 Å². The van der Waals surface area contributed by atoms with Gasteiger partial charge in [0.05, 0.1) is 12.1 Å². The molecule has 0 radical (unpaired) electrons. The zero-order valence-electron chi connectivity index (χ0n) is 17.0. The first kappa shape index (κ1) is 19.6. The van der Waals surface area contributed by atoms with E-state index in [1.54, 1.807) is 29.3 Å². The molecule has 4 rings (SSSR count). The van der Waals surface area contributed by atoms with Crippen LogP contribution in [-0.2, 0) is 6.54 Å². The lowest BCUT2D eigenvalue weighted by Crippen LogP contribution is -2.35. The van der Waals surface area contributed by atoms with Crippen LogP contribution in [0.3, 0.4) is 0 Å². The Balaban J connectivity index is 1.72. The average molecular weight is 394 g/mol. The van der Waals surface area contributed by atoms with E-state index in [1.165, 1.54) is 18.9 Å². The second-order valence-electron chi connectivity index (χ2n) is 8.24. The average Bonchev–Trinajstić information content (AvgIpc) is 3.34. The van der Waals surface area contributed by atoms with Crippen molar-refractivity contribution in [1.82, 2.24) is 19.4 Å². The van der Waals surface area contributed by atoms with E-state index >= 15 is 0 Å². The number of hydrogen-bond donors (Lipinski definition) is 0. The quantitative estimate of drug-likeness (QED) is 0.592. The number of hydrogen-bond acceptors (Lipinski definition) is 3. The molecule has 5 nitrogen and oxygen atoms in total. The maximum atomic E-state index is 14.3. The molecule has 0 atom stereocenters. The molecule has 2 aromatic heterocycles. The number of halogens is 1. The number of imidazole rings is 1. The summed E-state index contributed by atoms with van der Waals surface area (Å²) in [6.07, 6.45) is 6.37. The van der Waals surface area contributed by atoms with Gasteiger partial charge in [0.25, 0.3) is 5.91 Å². The summed E-state index contributed by atoms with van der Waals surface area (Å²) in [4.78, 5) is 24.3.